The van der Waals surface area contributed by atoms with Gasteiger partial charge >= 0.3 is 5.97 Å². The van der Waals surface area contributed by atoms with E-state index in [0.717, 1.165) is 33.3 Å². The van der Waals surface area contributed by atoms with Crippen LogP contribution in [0, 0.1) is 0 Å². The maximum atomic E-state index is 13.5. The standard InChI is InChI=1S/C39H36ClN3O4/c1-3-43(4-2)38(45)29-16-12-26(13-17-29)15-23-35(42-37(44)33-10-5-6-11-34(33)39(46)47)30-9-7-8-27(24-30)14-21-32-22-19-28-18-20-31(40)25-36(28)41-32/h5-14,16-22,24-25,35H,3-4,15,23H2,1-2H3,(H,42,44)(H,46,47)/b21-14+. The first-order valence-electron chi connectivity index (χ1n) is 15.6. The lowest BCUT2D eigenvalue weighted by Crippen LogP contribution is -2.30. The second kappa shape index (κ2) is 15.3. The molecule has 0 radical (unpaired) electrons. The van der Waals surface area contributed by atoms with Crippen molar-refractivity contribution in [2.24, 2.45) is 0 Å². The Hall–Kier alpha value is -5.27. The second-order valence-electron chi connectivity index (χ2n) is 11.2. The number of carboxylic acid groups (broad SMARTS) is 1. The van der Waals surface area contributed by atoms with Crippen molar-refractivity contribution in [3.8, 4) is 0 Å². The van der Waals surface area contributed by atoms with Crippen molar-refractivity contribution in [2.45, 2.75) is 32.7 Å². The summed E-state index contributed by atoms with van der Waals surface area (Å²) < 4.78 is 0. The molecule has 0 aliphatic rings. The summed E-state index contributed by atoms with van der Waals surface area (Å²) in [6.07, 6.45) is 5.06. The molecule has 8 heteroatoms. The van der Waals surface area contributed by atoms with Gasteiger partial charge in [0, 0.05) is 29.1 Å². The smallest absolute Gasteiger partial charge is 0.336 e. The van der Waals surface area contributed by atoms with E-state index in [2.05, 4.69) is 5.32 Å². The maximum absolute atomic E-state index is 13.5. The van der Waals surface area contributed by atoms with E-state index in [1.165, 1.54) is 12.1 Å². The van der Waals surface area contributed by atoms with Gasteiger partial charge < -0.3 is 15.3 Å². The molecule has 1 heterocycles. The van der Waals surface area contributed by atoms with Gasteiger partial charge in [0.2, 0.25) is 0 Å². The van der Waals surface area contributed by atoms with Crippen LogP contribution >= 0.6 is 11.6 Å². The van der Waals surface area contributed by atoms with E-state index in [4.69, 9.17) is 16.6 Å². The fourth-order valence-corrected chi connectivity index (χ4v) is 5.67. The number of pyridine rings is 1. The Morgan fingerprint density at radius 2 is 1.57 bits per heavy atom. The molecule has 4 aromatic carbocycles. The molecule has 0 fully saturated rings. The Morgan fingerprint density at radius 3 is 2.30 bits per heavy atom. The molecule has 2 amide bonds. The summed E-state index contributed by atoms with van der Waals surface area (Å²) in [5.74, 6) is -1.63. The number of fused-ring (bicyclic) bond motifs is 1. The molecule has 0 saturated heterocycles. The first kappa shape index (κ1) is 33.1. The first-order valence-corrected chi connectivity index (χ1v) is 16.0. The SMILES string of the molecule is CCN(CC)C(=O)c1ccc(CCC(NC(=O)c2ccccc2C(=O)O)c2cccc(/C=C/c3ccc4ccc(Cl)cc4n3)c2)cc1. The number of hydrogen-bond acceptors (Lipinski definition) is 4. The number of aromatic nitrogens is 1. The summed E-state index contributed by atoms with van der Waals surface area (Å²) in [5, 5.41) is 14.4. The van der Waals surface area contributed by atoms with Crippen LogP contribution in [0.3, 0.4) is 0 Å². The Morgan fingerprint density at radius 1 is 0.851 bits per heavy atom. The van der Waals surface area contributed by atoms with E-state index in [1.54, 1.807) is 17.0 Å². The van der Waals surface area contributed by atoms with Crippen LogP contribution in [0.1, 0.15) is 79.8 Å². The Balaban J connectivity index is 1.39. The van der Waals surface area contributed by atoms with Gasteiger partial charge in [0.15, 0.2) is 0 Å². The van der Waals surface area contributed by atoms with Crippen molar-refractivity contribution in [3.63, 3.8) is 0 Å². The number of amides is 2. The molecule has 238 valence electrons. The molecule has 2 N–H and O–H groups in total. The molecule has 47 heavy (non-hydrogen) atoms. The lowest BCUT2D eigenvalue weighted by Gasteiger charge is -2.21. The van der Waals surface area contributed by atoms with Gasteiger partial charge in [-0.25, -0.2) is 9.78 Å². The van der Waals surface area contributed by atoms with Crippen molar-refractivity contribution in [2.75, 3.05) is 13.1 Å². The number of nitrogens with one attached hydrogen (secondary N) is 1. The van der Waals surface area contributed by atoms with E-state index in [-0.39, 0.29) is 17.0 Å². The van der Waals surface area contributed by atoms with Gasteiger partial charge in [-0.2, -0.15) is 0 Å². The van der Waals surface area contributed by atoms with Crippen LogP contribution in [0.2, 0.25) is 5.02 Å². The van der Waals surface area contributed by atoms with E-state index in [1.807, 2.05) is 105 Å². The molecule has 1 aromatic heterocycles. The van der Waals surface area contributed by atoms with Crippen LogP contribution in [0.25, 0.3) is 23.1 Å². The molecule has 0 aliphatic heterocycles. The average molecular weight is 646 g/mol. The zero-order chi connectivity index (χ0) is 33.3. The molecule has 0 saturated carbocycles. The second-order valence-corrected chi connectivity index (χ2v) is 11.6. The number of aromatic carboxylic acids is 1. The predicted molar refractivity (Wildman–Crippen MR) is 188 cm³/mol. The van der Waals surface area contributed by atoms with Gasteiger partial charge in [-0.1, -0.05) is 72.3 Å². The largest absolute Gasteiger partial charge is 0.478 e. The molecule has 0 bridgehead atoms. The summed E-state index contributed by atoms with van der Waals surface area (Å²) in [7, 11) is 0. The minimum Gasteiger partial charge on any atom is -0.478 e. The highest BCUT2D eigenvalue weighted by molar-refractivity contribution is 6.31. The zero-order valence-electron chi connectivity index (χ0n) is 26.3. The van der Waals surface area contributed by atoms with Crippen molar-refractivity contribution in [1.82, 2.24) is 15.2 Å². The van der Waals surface area contributed by atoms with Gasteiger partial charge in [-0.3, -0.25) is 9.59 Å². The van der Waals surface area contributed by atoms with Gasteiger partial charge in [-0.05, 0) is 98.0 Å². The fraction of sp³-hybridized carbons (Fsp3) is 0.179. The number of carbonyl (C=O) groups excluding carboxylic acids is 2. The zero-order valence-corrected chi connectivity index (χ0v) is 27.1. The molecule has 0 aliphatic carbocycles. The minimum absolute atomic E-state index is 0.00339. The normalized spacial score (nSPS) is 11.8. The van der Waals surface area contributed by atoms with E-state index in [9.17, 15) is 19.5 Å². The molecule has 0 spiro atoms. The van der Waals surface area contributed by atoms with Gasteiger partial charge in [-0.15, -0.1) is 0 Å². The highest BCUT2D eigenvalue weighted by Crippen LogP contribution is 2.24. The number of benzene rings is 4. The molecule has 5 aromatic rings. The number of carboxylic acids is 1. The van der Waals surface area contributed by atoms with Crippen molar-refractivity contribution in [3.05, 3.63) is 147 Å². The Kier molecular flexibility index (Phi) is 10.8. The van der Waals surface area contributed by atoms with Gasteiger partial charge in [0.25, 0.3) is 11.8 Å². The lowest BCUT2D eigenvalue weighted by molar-refractivity contribution is 0.0689. The number of aryl methyl sites for hydroxylation is 1. The first-order chi connectivity index (χ1) is 22.7. The third kappa shape index (κ3) is 8.31. The molecule has 7 nitrogen and oxygen atoms in total. The number of nitrogens with zero attached hydrogens (tertiary/aromatic N) is 2. The van der Waals surface area contributed by atoms with Crippen LogP contribution < -0.4 is 5.32 Å². The molecule has 1 atom stereocenters. The van der Waals surface area contributed by atoms with Gasteiger partial charge in [0.05, 0.1) is 28.4 Å². The van der Waals surface area contributed by atoms with Crippen LogP contribution in [0.4, 0.5) is 0 Å². The van der Waals surface area contributed by atoms with Crippen molar-refractivity contribution >= 4 is 52.4 Å². The predicted octanol–water partition coefficient (Wildman–Crippen LogP) is 8.34. The van der Waals surface area contributed by atoms with Crippen molar-refractivity contribution in [1.29, 1.82) is 0 Å². The minimum atomic E-state index is -1.16. The Labute approximate surface area is 279 Å². The van der Waals surface area contributed by atoms with E-state index in [0.29, 0.717) is 36.5 Å². The Bertz CT molecular complexity index is 1930. The monoisotopic (exact) mass is 645 g/mol. The summed E-state index contributed by atoms with van der Waals surface area (Å²) in [6.45, 7) is 5.21. The summed E-state index contributed by atoms with van der Waals surface area (Å²) in [4.78, 5) is 44.6. The summed E-state index contributed by atoms with van der Waals surface area (Å²) in [6, 6.07) is 30.8. The van der Waals surface area contributed by atoms with Crippen LogP contribution in [0.5, 0.6) is 0 Å². The topological polar surface area (TPSA) is 99.6 Å². The maximum Gasteiger partial charge on any atom is 0.336 e. The summed E-state index contributed by atoms with van der Waals surface area (Å²) in [5.41, 5.74) is 5.08. The molecule has 1 unspecified atom stereocenters. The average Bonchev–Trinajstić information content (AvgIpc) is 3.09. The van der Waals surface area contributed by atoms with Crippen LogP contribution in [-0.4, -0.2) is 45.9 Å². The highest BCUT2D eigenvalue weighted by Gasteiger charge is 2.21. The summed E-state index contributed by atoms with van der Waals surface area (Å²) >= 11 is 6.16. The van der Waals surface area contributed by atoms with Crippen LogP contribution in [0.15, 0.2) is 103 Å². The van der Waals surface area contributed by atoms with Gasteiger partial charge in [0.1, 0.15) is 0 Å². The number of hydrogen-bond donors (Lipinski definition) is 2. The van der Waals surface area contributed by atoms with Crippen LogP contribution in [-0.2, 0) is 6.42 Å². The molecular formula is C39H36ClN3O4. The van der Waals surface area contributed by atoms with E-state index < -0.39 is 17.9 Å². The molecular weight excluding hydrogens is 610 g/mol. The van der Waals surface area contributed by atoms with E-state index >= 15 is 0 Å². The number of rotatable bonds is 12. The third-order valence-electron chi connectivity index (χ3n) is 8.12. The third-order valence-corrected chi connectivity index (χ3v) is 8.35. The lowest BCUT2D eigenvalue weighted by atomic mass is 9.96. The number of halogens is 1. The van der Waals surface area contributed by atoms with Crippen molar-refractivity contribution < 1.29 is 19.5 Å². The highest BCUT2D eigenvalue weighted by atomic mass is 35.5. The number of carbonyl (C=O) groups is 3. The quantitative estimate of drug-likeness (QED) is 0.142. The molecule has 5 rings (SSSR count). The fourth-order valence-electron chi connectivity index (χ4n) is 5.50.